The average molecular weight is 595 g/mol. The van der Waals surface area contributed by atoms with Gasteiger partial charge in [-0.05, 0) is 99.5 Å². The van der Waals surface area contributed by atoms with Crippen molar-refractivity contribution in [3.05, 3.63) is 58.2 Å². The van der Waals surface area contributed by atoms with Crippen molar-refractivity contribution in [1.29, 1.82) is 0 Å². The Hall–Kier alpha value is -2.75. The molecule has 2 unspecified atom stereocenters. The van der Waals surface area contributed by atoms with Crippen LogP contribution in [0.1, 0.15) is 89.7 Å². The molecule has 5 nitrogen and oxygen atoms in total. The Morgan fingerprint density at radius 1 is 1.02 bits per heavy atom. The highest BCUT2D eigenvalue weighted by atomic mass is 19.4. The lowest BCUT2D eigenvalue weighted by Gasteiger charge is -2.56. The number of urea groups is 1. The summed E-state index contributed by atoms with van der Waals surface area (Å²) in [7, 11) is 0. The third kappa shape index (κ3) is 4.97. The zero-order valence-electron chi connectivity index (χ0n) is 24.4. The number of carbonyl (C=O) groups excluding carboxylic acids is 2. The number of benzene rings is 1. The fourth-order valence-corrected chi connectivity index (χ4v) is 8.15. The van der Waals surface area contributed by atoms with Crippen molar-refractivity contribution in [2.45, 2.75) is 108 Å². The lowest BCUT2D eigenvalue weighted by molar-refractivity contribution is -0.362. The first kappa shape index (κ1) is 30.7. The Labute approximate surface area is 243 Å². The van der Waals surface area contributed by atoms with E-state index < -0.39 is 46.9 Å². The predicted molar refractivity (Wildman–Crippen MR) is 148 cm³/mol. The minimum absolute atomic E-state index is 0.0393. The summed E-state index contributed by atoms with van der Waals surface area (Å²) in [5.74, 6) is -6.53. The van der Waals surface area contributed by atoms with Crippen LogP contribution < -0.4 is 10.6 Å². The molecule has 0 bridgehead atoms. The predicted octanol–water partition coefficient (Wildman–Crippen LogP) is 7.11. The molecule has 1 aromatic carbocycles. The molecule has 230 valence electrons. The largest absolute Gasteiger partial charge is 0.456 e. The summed E-state index contributed by atoms with van der Waals surface area (Å²) in [6.45, 7) is 7.26. The Bertz CT molecular complexity index is 1330. The van der Waals surface area contributed by atoms with Crippen LogP contribution in [0, 0.1) is 17.3 Å². The van der Waals surface area contributed by atoms with Gasteiger partial charge in [0.25, 0.3) is 0 Å². The number of halogens is 5. The zero-order valence-corrected chi connectivity index (χ0v) is 24.4. The molecule has 3 N–H and O–H groups in total. The van der Waals surface area contributed by atoms with Crippen molar-refractivity contribution >= 4 is 11.8 Å². The Kier molecular flexibility index (Phi) is 7.43. The van der Waals surface area contributed by atoms with E-state index in [1.807, 2.05) is 45.0 Å². The molecular weight excluding hydrogens is 555 g/mol. The van der Waals surface area contributed by atoms with Gasteiger partial charge in [0, 0.05) is 29.8 Å². The van der Waals surface area contributed by atoms with E-state index in [0.717, 1.165) is 27.8 Å². The maximum absolute atomic E-state index is 15.1. The first-order valence-electron chi connectivity index (χ1n) is 14.7. The van der Waals surface area contributed by atoms with E-state index in [-0.39, 0.29) is 37.1 Å². The van der Waals surface area contributed by atoms with Gasteiger partial charge in [0.15, 0.2) is 5.78 Å². The van der Waals surface area contributed by atoms with E-state index in [1.165, 1.54) is 6.92 Å². The highest BCUT2D eigenvalue weighted by Gasteiger charge is 2.79. The molecule has 2 fully saturated rings. The van der Waals surface area contributed by atoms with Gasteiger partial charge in [-0.15, -0.1) is 0 Å². The maximum atomic E-state index is 15.1. The molecule has 5 atom stereocenters. The number of aliphatic hydroxyl groups is 1. The molecule has 10 heteroatoms. The van der Waals surface area contributed by atoms with E-state index >= 15 is 8.78 Å². The fourth-order valence-electron chi connectivity index (χ4n) is 8.15. The molecule has 2 amide bonds. The standard InChI is InChI=1S/C32H39F5N2O3/c1-28(2,3)39-27(41)38-17-18-5-7-19(8-6-18)24-16-29(4)25(13-14-30(29,42)31(33,34)32(35,36)37)23-11-9-20-15-21(40)10-12-22(20)26(23)24/h5-8,15,23-25,42H,9-14,16-17H2,1-4H3,(H2,38,39,41)/t23?,24-,25?,29+,30+/m1/s1. The number of nitrogens with one attached hydrogen (secondary N) is 2. The molecule has 2 saturated carbocycles. The monoisotopic (exact) mass is 594 g/mol. The van der Waals surface area contributed by atoms with Gasteiger partial charge in [-0.2, -0.15) is 22.0 Å². The fraction of sp³-hybridized carbons (Fsp3) is 0.625. The Balaban J connectivity index is 1.53. The number of alkyl halides is 5. The summed E-state index contributed by atoms with van der Waals surface area (Å²) < 4.78 is 71.5. The van der Waals surface area contributed by atoms with Gasteiger partial charge in [-0.1, -0.05) is 36.8 Å². The molecule has 5 rings (SSSR count). The van der Waals surface area contributed by atoms with Crippen molar-refractivity contribution in [1.82, 2.24) is 10.6 Å². The third-order valence-electron chi connectivity index (χ3n) is 10.1. The first-order chi connectivity index (χ1) is 19.4. The second-order valence-electron chi connectivity index (χ2n) is 13.8. The van der Waals surface area contributed by atoms with Crippen molar-refractivity contribution in [2.24, 2.45) is 17.3 Å². The minimum atomic E-state index is -5.88. The SMILES string of the molecule is CC(C)(C)NC(=O)NCc1ccc([C@H]2C[C@@]3(C)C(CC[C@@]3(O)C(F)(F)C(F)(F)F)C3CCC4=CC(=O)CCC4=C32)cc1. The molecule has 0 aromatic heterocycles. The molecule has 4 aliphatic carbocycles. The van der Waals surface area contributed by atoms with Gasteiger partial charge >= 0.3 is 18.1 Å². The van der Waals surface area contributed by atoms with Gasteiger partial charge in [0.1, 0.15) is 5.60 Å². The van der Waals surface area contributed by atoms with Crippen LogP contribution in [-0.4, -0.2) is 40.2 Å². The van der Waals surface area contributed by atoms with E-state index in [1.54, 1.807) is 6.08 Å². The normalized spacial score (nSPS) is 31.6. The van der Waals surface area contributed by atoms with Crippen LogP contribution in [0.5, 0.6) is 0 Å². The van der Waals surface area contributed by atoms with Crippen LogP contribution >= 0.6 is 0 Å². The van der Waals surface area contributed by atoms with E-state index in [4.69, 9.17) is 0 Å². The van der Waals surface area contributed by atoms with Gasteiger partial charge in [-0.25, -0.2) is 4.79 Å². The third-order valence-corrected chi connectivity index (χ3v) is 10.1. The van der Waals surface area contributed by atoms with Gasteiger partial charge in [0.2, 0.25) is 0 Å². The second-order valence-corrected chi connectivity index (χ2v) is 13.8. The van der Waals surface area contributed by atoms with Crippen molar-refractivity contribution in [2.75, 3.05) is 0 Å². The molecule has 0 radical (unpaired) electrons. The maximum Gasteiger partial charge on any atom is 0.456 e. The van der Waals surface area contributed by atoms with Crippen LogP contribution in [0.2, 0.25) is 0 Å². The number of hydrogen-bond donors (Lipinski definition) is 3. The number of allylic oxidation sites excluding steroid dienone is 4. The van der Waals surface area contributed by atoms with Gasteiger partial charge in [-0.3, -0.25) is 4.79 Å². The lowest BCUT2D eigenvalue weighted by atomic mass is 9.50. The van der Waals surface area contributed by atoms with Crippen molar-refractivity contribution < 1.29 is 36.6 Å². The quantitative estimate of drug-likeness (QED) is 0.325. The van der Waals surface area contributed by atoms with E-state index in [9.17, 15) is 27.9 Å². The molecule has 4 aliphatic rings. The average Bonchev–Trinajstić information content (AvgIpc) is 3.17. The van der Waals surface area contributed by atoms with E-state index in [0.29, 0.717) is 25.7 Å². The van der Waals surface area contributed by atoms with Gasteiger partial charge in [0.05, 0.1) is 0 Å². The highest BCUT2D eigenvalue weighted by molar-refractivity contribution is 5.93. The summed E-state index contributed by atoms with van der Waals surface area (Å²) >= 11 is 0. The molecule has 0 aliphatic heterocycles. The van der Waals surface area contributed by atoms with E-state index in [2.05, 4.69) is 10.6 Å². The molecule has 0 saturated heterocycles. The summed E-state index contributed by atoms with van der Waals surface area (Å²) in [4.78, 5) is 24.4. The minimum Gasteiger partial charge on any atom is -0.383 e. The first-order valence-corrected chi connectivity index (χ1v) is 14.7. The second kappa shape index (κ2) is 10.2. The topological polar surface area (TPSA) is 78.4 Å². The van der Waals surface area contributed by atoms with Crippen molar-refractivity contribution in [3.63, 3.8) is 0 Å². The van der Waals surface area contributed by atoms with Crippen LogP contribution in [0.15, 0.2) is 47.1 Å². The smallest absolute Gasteiger partial charge is 0.383 e. The van der Waals surface area contributed by atoms with Crippen LogP contribution in [0.3, 0.4) is 0 Å². The van der Waals surface area contributed by atoms with Crippen LogP contribution in [-0.2, 0) is 11.3 Å². The summed E-state index contributed by atoms with van der Waals surface area (Å²) in [5.41, 5.74) is -0.791. The lowest BCUT2D eigenvalue weighted by Crippen LogP contribution is -2.65. The molecule has 0 spiro atoms. The number of hydrogen-bond acceptors (Lipinski definition) is 3. The summed E-state index contributed by atoms with van der Waals surface area (Å²) in [6.07, 6.45) is -2.90. The Morgan fingerprint density at radius 3 is 2.31 bits per heavy atom. The zero-order chi connectivity index (χ0) is 30.9. The molecule has 42 heavy (non-hydrogen) atoms. The molecule has 1 aromatic rings. The van der Waals surface area contributed by atoms with Crippen LogP contribution in [0.25, 0.3) is 0 Å². The number of ketones is 1. The summed E-state index contributed by atoms with van der Waals surface area (Å²) in [5, 5.41) is 17.0. The van der Waals surface area contributed by atoms with Crippen molar-refractivity contribution in [3.8, 4) is 0 Å². The van der Waals surface area contributed by atoms with Crippen LogP contribution in [0.4, 0.5) is 26.7 Å². The number of carbonyl (C=O) groups is 2. The Morgan fingerprint density at radius 2 is 1.69 bits per heavy atom. The number of amides is 2. The molecular formula is C32H39F5N2O3. The number of fused-ring (bicyclic) bond motifs is 4. The number of rotatable bonds is 4. The summed E-state index contributed by atoms with van der Waals surface area (Å²) in [6, 6.07) is 6.97. The highest BCUT2D eigenvalue weighted by Crippen LogP contribution is 2.70. The van der Waals surface area contributed by atoms with Gasteiger partial charge < -0.3 is 15.7 Å². The molecule has 0 heterocycles.